The molecule has 2 nitrogen and oxygen atoms in total. The third-order valence-corrected chi connectivity index (χ3v) is 4.73. The molecule has 3 heterocycles. The van der Waals surface area contributed by atoms with Crippen molar-refractivity contribution < 1.29 is 0 Å². The van der Waals surface area contributed by atoms with Crippen LogP contribution in [0.3, 0.4) is 0 Å². The number of hydrogen-bond donors (Lipinski definition) is 1. The second-order valence-electron chi connectivity index (χ2n) is 5.72. The van der Waals surface area contributed by atoms with E-state index in [2.05, 4.69) is 63.9 Å². The van der Waals surface area contributed by atoms with E-state index < -0.39 is 0 Å². The first kappa shape index (κ1) is 14.1. The zero-order chi connectivity index (χ0) is 15.1. The minimum atomic E-state index is 1.08. The van der Waals surface area contributed by atoms with Gasteiger partial charge in [0.05, 0.1) is 11.4 Å². The van der Waals surface area contributed by atoms with Crippen molar-refractivity contribution in [2.45, 2.75) is 34.6 Å². The van der Waals surface area contributed by atoms with Gasteiger partial charge in [-0.15, -0.1) is 11.3 Å². The molecule has 0 amide bonds. The number of aromatic amines is 1. The second kappa shape index (κ2) is 5.15. The van der Waals surface area contributed by atoms with Crippen molar-refractivity contribution in [3.63, 3.8) is 0 Å². The molecule has 0 fully saturated rings. The molecule has 0 bridgehead atoms. The fourth-order valence-electron chi connectivity index (χ4n) is 2.85. The Balaban J connectivity index is 2.30. The standard InChI is InChI=1S/C18H20N2S/c1-10-8-12(3)19-17(10)16(15-7-6-14(5)21-15)18-11(2)9-13(4)20-18/h6-9,19H,1-5H3. The largest absolute Gasteiger partial charge is 0.358 e. The predicted molar refractivity (Wildman–Crippen MR) is 92.2 cm³/mol. The zero-order valence-corrected chi connectivity index (χ0v) is 14.0. The zero-order valence-electron chi connectivity index (χ0n) is 13.2. The molecule has 21 heavy (non-hydrogen) atoms. The van der Waals surface area contributed by atoms with E-state index in [0.29, 0.717) is 0 Å². The SMILES string of the molecule is CC1=CC(C)=NC1=C(c1ccc(C)s1)c1[nH]c(C)cc1C. The lowest BCUT2D eigenvalue weighted by Crippen LogP contribution is -1.94. The van der Waals surface area contributed by atoms with E-state index in [1.54, 1.807) is 0 Å². The maximum absolute atomic E-state index is 4.77. The summed E-state index contributed by atoms with van der Waals surface area (Å²) in [5, 5.41) is 0. The van der Waals surface area contributed by atoms with Gasteiger partial charge >= 0.3 is 0 Å². The normalized spacial score (nSPS) is 17.0. The lowest BCUT2D eigenvalue weighted by molar-refractivity contribution is 1.21. The van der Waals surface area contributed by atoms with Gasteiger partial charge in [-0.3, -0.25) is 4.99 Å². The molecule has 2 aromatic heterocycles. The number of thiophene rings is 1. The summed E-state index contributed by atoms with van der Waals surface area (Å²) < 4.78 is 0. The van der Waals surface area contributed by atoms with Gasteiger partial charge in [0, 0.05) is 26.7 Å². The summed E-state index contributed by atoms with van der Waals surface area (Å²) in [5.74, 6) is 0. The number of allylic oxidation sites excluding steroid dienone is 2. The minimum absolute atomic E-state index is 1.08. The van der Waals surface area contributed by atoms with E-state index in [1.165, 1.54) is 37.9 Å². The molecule has 0 saturated carbocycles. The van der Waals surface area contributed by atoms with Gasteiger partial charge in [-0.1, -0.05) is 0 Å². The summed E-state index contributed by atoms with van der Waals surface area (Å²) >= 11 is 1.82. The fourth-order valence-corrected chi connectivity index (χ4v) is 3.77. The monoisotopic (exact) mass is 296 g/mol. The molecule has 1 N–H and O–H groups in total. The first-order valence-corrected chi connectivity index (χ1v) is 7.99. The number of aliphatic imine (C=N–C) groups is 1. The summed E-state index contributed by atoms with van der Waals surface area (Å²) in [6.07, 6.45) is 2.15. The van der Waals surface area contributed by atoms with Crippen LogP contribution < -0.4 is 0 Å². The molecular formula is C18H20N2S. The Kier molecular flexibility index (Phi) is 3.46. The third-order valence-electron chi connectivity index (χ3n) is 3.71. The maximum Gasteiger partial charge on any atom is 0.0770 e. The van der Waals surface area contributed by atoms with Gasteiger partial charge in [0.2, 0.25) is 0 Å². The van der Waals surface area contributed by atoms with Gasteiger partial charge < -0.3 is 4.98 Å². The van der Waals surface area contributed by atoms with Crippen molar-refractivity contribution in [3.05, 3.63) is 62.3 Å². The van der Waals surface area contributed by atoms with Crippen molar-refractivity contribution in [1.82, 2.24) is 4.98 Å². The number of nitrogens with one attached hydrogen (secondary N) is 1. The molecule has 3 heteroatoms. The van der Waals surface area contributed by atoms with Crippen LogP contribution in [0.1, 0.15) is 40.6 Å². The molecule has 0 radical (unpaired) electrons. The predicted octanol–water partition coefficient (Wildman–Crippen LogP) is 5.18. The molecule has 0 aliphatic carbocycles. The van der Waals surface area contributed by atoms with Gasteiger partial charge in [0.1, 0.15) is 0 Å². The Bertz CT molecular complexity index is 797. The van der Waals surface area contributed by atoms with E-state index in [0.717, 1.165) is 11.4 Å². The van der Waals surface area contributed by atoms with Crippen molar-refractivity contribution in [2.24, 2.45) is 4.99 Å². The van der Waals surface area contributed by atoms with Crippen molar-refractivity contribution >= 4 is 22.6 Å². The molecular weight excluding hydrogens is 276 g/mol. The molecule has 0 aromatic carbocycles. The first-order valence-electron chi connectivity index (χ1n) is 7.17. The minimum Gasteiger partial charge on any atom is -0.358 e. The molecule has 1 aliphatic heterocycles. The number of nitrogens with zero attached hydrogens (tertiary/aromatic N) is 1. The van der Waals surface area contributed by atoms with E-state index in [9.17, 15) is 0 Å². The van der Waals surface area contributed by atoms with E-state index in [1.807, 2.05) is 11.3 Å². The summed E-state index contributed by atoms with van der Waals surface area (Å²) in [6, 6.07) is 6.57. The van der Waals surface area contributed by atoms with Crippen molar-refractivity contribution in [1.29, 1.82) is 0 Å². The van der Waals surface area contributed by atoms with Gasteiger partial charge in [-0.2, -0.15) is 0 Å². The summed E-state index contributed by atoms with van der Waals surface area (Å²) in [7, 11) is 0. The van der Waals surface area contributed by atoms with Crippen LogP contribution in [0.25, 0.3) is 5.57 Å². The summed E-state index contributed by atoms with van der Waals surface area (Å²) in [4.78, 5) is 10.9. The van der Waals surface area contributed by atoms with Crippen molar-refractivity contribution in [2.75, 3.05) is 0 Å². The average molecular weight is 296 g/mol. The van der Waals surface area contributed by atoms with Crippen LogP contribution in [-0.4, -0.2) is 10.7 Å². The summed E-state index contributed by atoms with van der Waals surface area (Å²) in [5.41, 5.74) is 8.29. The van der Waals surface area contributed by atoms with Crippen molar-refractivity contribution in [3.8, 4) is 0 Å². The van der Waals surface area contributed by atoms with Gasteiger partial charge in [0.25, 0.3) is 0 Å². The van der Waals surface area contributed by atoms with Crippen LogP contribution in [0.4, 0.5) is 0 Å². The van der Waals surface area contributed by atoms with Crippen LogP contribution in [0.2, 0.25) is 0 Å². The average Bonchev–Trinajstić information content (AvgIpc) is 3.04. The lowest BCUT2D eigenvalue weighted by Gasteiger charge is -2.10. The van der Waals surface area contributed by atoms with Gasteiger partial charge in [0.15, 0.2) is 0 Å². The Labute approximate surface area is 129 Å². The highest BCUT2D eigenvalue weighted by Gasteiger charge is 2.20. The summed E-state index contributed by atoms with van der Waals surface area (Å²) in [6.45, 7) is 10.6. The molecule has 1 aliphatic rings. The van der Waals surface area contributed by atoms with E-state index in [-0.39, 0.29) is 0 Å². The number of aromatic nitrogens is 1. The second-order valence-corrected chi connectivity index (χ2v) is 7.01. The molecule has 3 rings (SSSR count). The number of rotatable bonds is 2. The molecule has 0 saturated heterocycles. The highest BCUT2D eigenvalue weighted by Crippen LogP contribution is 2.37. The Morgan fingerprint density at radius 1 is 1.10 bits per heavy atom. The molecule has 0 spiro atoms. The lowest BCUT2D eigenvalue weighted by atomic mass is 10.0. The Hall–Kier alpha value is -1.87. The third kappa shape index (κ3) is 2.54. The molecule has 2 aromatic rings. The first-order chi connectivity index (χ1) is 9.95. The van der Waals surface area contributed by atoms with Gasteiger partial charge in [-0.25, -0.2) is 0 Å². The smallest absolute Gasteiger partial charge is 0.0770 e. The quantitative estimate of drug-likeness (QED) is 0.791. The van der Waals surface area contributed by atoms with Crippen LogP contribution in [0, 0.1) is 20.8 Å². The highest BCUT2D eigenvalue weighted by atomic mass is 32.1. The van der Waals surface area contributed by atoms with Crippen LogP contribution in [-0.2, 0) is 0 Å². The molecule has 0 atom stereocenters. The molecule has 108 valence electrons. The highest BCUT2D eigenvalue weighted by molar-refractivity contribution is 7.13. The van der Waals surface area contributed by atoms with Crippen LogP contribution in [0.5, 0.6) is 0 Å². The van der Waals surface area contributed by atoms with E-state index >= 15 is 0 Å². The van der Waals surface area contributed by atoms with Crippen LogP contribution in [0.15, 0.2) is 40.5 Å². The molecule has 0 unspecified atom stereocenters. The fraction of sp³-hybridized carbons (Fsp3) is 0.278. The number of aryl methyl sites for hydroxylation is 3. The Morgan fingerprint density at radius 3 is 2.33 bits per heavy atom. The topological polar surface area (TPSA) is 28.1 Å². The number of hydrogen-bond acceptors (Lipinski definition) is 2. The van der Waals surface area contributed by atoms with Gasteiger partial charge in [-0.05, 0) is 70.0 Å². The maximum atomic E-state index is 4.77. The Morgan fingerprint density at radius 2 is 1.86 bits per heavy atom. The number of H-pyrrole nitrogens is 1. The van der Waals surface area contributed by atoms with Crippen LogP contribution >= 0.6 is 11.3 Å². The van der Waals surface area contributed by atoms with E-state index in [4.69, 9.17) is 4.99 Å².